The van der Waals surface area contributed by atoms with E-state index in [0.29, 0.717) is 0 Å². The molecule has 2 aromatic heterocycles. The first-order valence-electron chi connectivity index (χ1n) is 12.0. The predicted molar refractivity (Wildman–Crippen MR) is 140 cm³/mol. The normalized spacial score (nSPS) is 16.9. The van der Waals surface area contributed by atoms with Crippen molar-refractivity contribution in [2.24, 2.45) is 48.6 Å². The largest absolute Gasteiger partial charge is 0.613 e. The van der Waals surface area contributed by atoms with Crippen molar-refractivity contribution >= 4 is 22.7 Å². The van der Waals surface area contributed by atoms with Crippen molar-refractivity contribution in [1.29, 1.82) is 0 Å². The Morgan fingerprint density at radius 3 is 1.34 bits per heavy atom. The highest BCUT2D eigenvalue weighted by atomic mass is 17.0. The summed E-state index contributed by atoms with van der Waals surface area (Å²) in [4.78, 5) is 52.2. The molecule has 0 unspecified atom stereocenters. The fraction of sp³-hybridized carbons (Fsp3) is 0.200. The predicted octanol–water partition coefficient (Wildman–Crippen LogP) is 2.17. The Bertz CT molecular complexity index is 1910. The maximum absolute atomic E-state index is 13.2. The molecule has 208 valence electrons. The van der Waals surface area contributed by atoms with Crippen molar-refractivity contribution in [3.63, 3.8) is 0 Å². The number of hydrogen-bond donors (Lipinski definition) is 0. The van der Waals surface area contributed by atoms with E-state index in [0.717, 1.165) is 18.3 Å². The summed E-state index contributed by atoms with van der Waals surface area (Å²) in [6, 6.07) is 12.6. The Balaban J connectivity index is 1.73. The second kappa shape index (κ2) is 9.15. The topological polar surface area (TPSA) is 174 Å². The first-order chi connectivity index (χ1) is 19.6. The summed E-state index contributed by atoms with van der Waals surface area (Å²) in [5.41, 5.74) is -3.73. The van der Waals surface area contributed by atoms with Crippen LogP contribution in [0.2, 0.25) is 0 Å². The van der Waals surface area contributed by atoms with Gasteiger partial charge in [0.05, 0.1) is 0 Å². The molecule has 0 bridgehead atoms. The Labute approximate surface area is 228 Å². The molecule has 2 aliphatic heterocycles. The molecule has 2 aromatic carbocycles. The zero-order valence-corrected chi connectivity index (χ0v) is 22.0. The molecule has 0 saturated carbocycles. The second-order valence-electron chi connectivity index (χ2n) is 8.96. The molecular formula is C25H20N8O8. The summed E-state index contributed by atoms with van der Waals surface area (Å²) in [5.74, 6) is -0.884. The van der Waals surface area contributed by atoms with E-state index in [2.05, 4.69) is 20.5 Å². The molecule has 4 aromatic rings. The summed E-state index contributed by atoms with van der Waals surface area (Å²) >= 11 is 0. The van der Waals surface area contributed by atoms with E-state index < -0.39 is 40.4 Å². The van der Waals surface area contributed by atoms with Gasteiger partial charge in [-0.3, -0.25) is 27.9 Å². The number of benzene rings is 2. The van der Waals surface area contributed by atoms with Crippen LogP contribution in [0.4, 0.5) is 22.7 Å². The lowest BCUT2D eigenvalue weighted by atomic mass is 10.3. The third-order valence-electron chi connectivity index (χ3n) is 6.34. The van der Waals surface area contributed by atoms with E-state index in [4.69, 9.17) is 18.9 Å². The van der Waals surface area contributed by atoms with Gasteiger partial charge in [-0.1, -0.05) is 24.3 Å². The van der Waals surface area contributed by atoms with E-state index in [1.807, 2.05) is 0 Å². The summed E-state index contributed by atoms with van der Waals surface area (Å²) in [6.45, 7) is 0. The number of rotatable bonds is 0. The van der Waals surface area contributed by atoms with Gasteiger partial charge < -0.3 is 18.9 Å². The molecule has 4 heterocycles. The lowest BCUT2D eigenvalue weighted by molar-refractivity contribution is -0.369. The van der Waals surface area contributed by atoms with Crippen LogP contribution in [0.5, 0.6) is 23.3 Å². The van der Waals surface area contributed by atoms with E-state index in [1.165, 1.54) is 52.5 Å². The van der Waals surface area contributed by atoms with Crippen molar-refractivity contribution in [2.45, 2.75) is 6.16 Å². The molecule has 0 aliphatic carbocycles. The minimum atomic E-state index is -2.76. The fourth-order valence-electron chi connectivity index (χ4n) is 4.11. The highest BCUT2D eigenvalue weighted by Gasteiger charge is 2.49. The maximum atomic E-state index is 13.2. The smallest absolute Gasteiger partial charge is 0.384 e. The monoisotopic (exact) mass is 560 g/mol. The summed E-state index contributed by atoms with van der Waals surface area (Å²) < 4.78 is 28.2. The third kappa shape index (κ3) is 4.00. The van der Waals surface area contributed by atoms with Gasteiger partial charge in [0.2, 0.25) is 23.1 Å². The number of fused-ring (bicyclic) bond motifs is 4. The van der Waals surface area contributed by atoms with Crippen LogP contribution in [0.3, 0.4) is 0 Å². The highest BCUT2D eigenvalue weighted by Crippen LogP contribution is 2.42. The zero-order chi connectivity index (χ0) is 29.1. The van der Waals surface area contributed by atoms with Crippen LogP contribution >= 0.6 is 0 Å². The molecule has 0 amide bonds. The van der Waals surface area contributed by atoms with Gasteiger partial charge in [0, 0.05) is 28.2 Å². The summed E-state index contributed by atoms with van der Waals surface area (Å²) in [5, 5.41) is 16.4. The molecule has 16 nitrogen and oxygen atoms in total. The van der Waals surface area contributed by atoms with Gasteiger partial charge in [-0.05, 0) is 24.3 Å². The number of ether oxygens (including phenoxy) is 4. The summed E-state index contributed by atoms with van der Waals surface area (Å²) in [7, 11) is 5.17. The van der Waals surface area contributed by atoms with Gasteiger partial charge >= 0.3 is 17.5 Å². The van der Waals surface area contributed by atoms with Gasteiger partial charge in [-0.15, -0.1) is 20.5 Å². The molecule has 0 atom stereocenters. The lowest BCUT2D eigenvalue weighted by Gasteiger charge is -2.32. The standard InChI is InChI=1S/C25H20N8O8/c1-30-19(34)17-21(32(3)23(30)36)40-25(38-15-11-7-5-9-13(15)26-28-17)39-16-12-8-6-10-14(16)27-29-18-20(35)31(2)24(37)33(4)22(18)41-25/h5-12H,1-4H3. The van der Waals surface area contributed by atoms with E-state index in [-0.39, 0.29) is 34.2 Å². The van der Waals surface area contributed by atoms with Crippen LogP contribution in [-0.2, 0) is 28.2 Å². The van der Waals surface area contributed by atoms with Crippen LogP contribution in [0.25, 0.3) is 0 Å². The molecule has 6 rings (SSSR count). The molecule has 0 radical (unpaired) electrons. The Kier molecular flexibility index (Phi) is 5.68. The fourth-order valence-corrected chi connectivity index (χ4v) is 4.11. The third-order valence-corrected chi connectivity index (χ3v) is 6.34. The number of hydrogen-bond acceptors (Lipinski definition) is 12. The van der Waals surface area contributed by atoms with Crippen molar-refractivity contribution in [2.75, 3.05) is 0 Å². The van der Waals surface area contributed by atoms with Gasteiger partial charge in [-0.2, -0.15) is 0 Å². The van der Waals surface area contributed by atoms with Gasteiger partial charge in [-0.25, -0.2) is 9.59 Å². The molecule has 0 fully saturated rings. The van der Waals surface area contributed by atoms with Crippen molar-refractivity contribution < 1.29 is 18.9 Å². The van der Waals surface area contributed by atoms with E-state index >= 15 is 0 Å². The number of aromatic nitrogens is 4. The minimum absolute atomic E-state index is 0.00636. The van der Waals surface area contributed by atoms with Crippen LogP contribution in [0.1, 0.15) is 0 Å². The van der Waals surface area contributed by atoms with Crippen molar-refractivity contribution in [1.82, 2.24) is 18.3 Å². The molecule has 2 aliphatic rings. The van der Waals surface area contributed by atoms with Crippen molar-refractivity contribution in [3.05, 3.63) is 90.2 Å². The zero-order valence-electron chi connectivity index (χ0n) is 22.0. The quantitative estimate of drug-likeness (QED) is 0.314. The van der Waals surface area contributed by atoms with E-state index in [9.17, 15) is 19.2 Å². The highest BCUT2D eigenvalue weighted by molar-refractivity contribution is 5.56. The number of nitrogens with zero attached hydrogens (tertiary/aromatic N) is 8. The first-order valence-corrected chi connectivity index (χ1v) is 12.0. The van der Waals surface area contributed by atoms with Crippen LogP contribution in [-0.4, -0.2) is 24.4 Å². The number of azo groups is 2. The van der Waals surface area contributed by atoms with E-state index in [1.54, 1.807) is 24.3 Å². The van der Waals surface area contributed by atoms with Crippen molar-refractivity contribution in [3.8, 4) is 23.3 Å². The van der Waals surface area contributed by atoms with Crippen LogP contribution < -0.4 is 41.4 Å². The maximum Gasteiger partial charge on any atom is 0.613 e. The van der Waals surface area contributed by atoms with Crippen LogP contribution in [0, 0.1) is 0 Å². The molecule has 0 N–H and O–H groups in total. The lowest BCUT2D eigenvalue weighted by Crippen LogP contribution is -2.55. The molecule has 16 heteroatoms. The minimum Gasteiger partial charge on any atom is -0.384 e. The van der Waals surface area contributed by atoms with Gasteiger partial charge in [0.15, 0.2) is 11.5 Å². The van der Waals surface area contributed by atoms with Gasteiger partial charge in [0.1, 0.15) is 11.4 Å². The molecule has 0 saturated heterocycles. The second-order valence-corrected chi connectivity index (χ2v) is 8.96. The molecule has 1 spiro atoms. The Hall–Kier alpha value is -5.80. The molecule has 41 heavy (non-hydrogen) atoms. The van der Waals surface area contributed by atoms with Gasteiger partial charge in [0.25, 0.3) is 11.1 Å². The average Bonchev–Trinajstić information content (AvgIpc) is 3.08. The summed E-state index contributed by atoms with van der Waals surface area (Å²) in [6.07, 6.45) is -2.76. The SMILES string of the molecule is Cn1c2c(c(=O)n(C)c1=O)N=Nc1ccccc1OC1(Oc3ccccc3N=Nc3c(n(C)c(=O)n(C)c3=O)O1)O2. The Morgan fingerprint density at radius 1 is 0.537 bits per heavy atom. The average molecular weight is 560 g/mol. The first kappa shape index (κ1) is 25.5. The van der Waals surface area contributed by atoms with Crippen LogP contribution in [0.15, 0.2) is 88.2 Å². The molecular weight excluding hydrogens is 540 g/mol. The number of para-hydroxylation sites is 2. The Morgan fingerprint density at radius 2 is 0.927 bits per heavy atom.